The zero-order valence-electron chi connectivity index (χ0n) is 21.2. The van der Waals surface area contributed by atoms with Crippen LogP contribution in [0.4, 0.5) is 8.78 Å². The Labute approximate surface area is 229 Å². The van der Waals surface area contributed by atoms with Crippen LogP contribution < -0.4 is 10.7 Å². The van der Waals surface area contributed by atoms with Crippen molar-refractivity contribution in [2.24, 2.45) is 0 Å². The number of rotatable bonds is 7. The van der Waals surface area contributed by atoms with Crippen LogP contribution in [0, 0.1) is 11.6 Å². The van der Waals surface area contributed by atoms with Gasteiger partial charge in [0.1, 0.15) is 17.2 Å². The van der Waals surface area contributed by atoms with E-state index in [1.807, 2.05) is 37.3 Å². The monoisotopic (exact) mass is 559 g/mol. The second kappa shape index (κ2) is 11.2. The van der Waals surface area contributed by atoms with E-state index in [1.54, 1.807) is 4.90 Å². The van der Waals surface area contributed by atoms with Crippen LogP contribution in [0.3, 0.4) is 0 Å². The van der Waals surface area contributed by atoms with Crippen molar-refractivity contribution in [1.82, 2.24) is 14.8 Å². The molecule has 8 nitrogen and oxygen atoms in total. The fourth-order valence-corrected chi connectivity index (χ4v) is 5.21. The summed E-state index contributed by atoms with van der Waals surface area (Å²) in [7, 11) is 0. The first kappa shape index (κ1) is 28.3. The number of aromatic nitrogens is 1. The third-order valence-electron chi connectivity index (χ3n) is 7.29. The van der Waals surface area contributed by atoms with Gasteiger partial charge in [-0.15, -0.1) is 12.4 Å². The molecule has 2 N–H and O–H groups in total. The number of benzene rings is 2. The second-order valence-electron chi connectivity index (χ2n) is 9.73. The molecule has 1 aromatic heterocycles. The molecule has 3 aromatic rings. The molecular weight excluding hydrogens is 532 g/mol. The lowest BCUT2D eigenvalue weighted by molar-refractivity contribution is -0.0944. The average molecular weight is 560 g/mol. The number of nitrogens with zero attached hydrogens (tertiary/aromatic N) is 2. The molecule has 5 rings (SSSR count). The van der Waals surface area contributed by atoms with E-state index in [1.165, 1.54) is 16.8 Å². The van der Waals surface area contributed by atoms with Gasteiger partial charge in [-0.2, -0.15) is 0 Å². The van der Waals surface area contributed by atoms with Crippen LogP contribution in [0.2, 0.25) is 0 Å². The van der Waals surface area contributed by atoms with E-state index in [0.29, 0.717) is 38.6 Å². The number of ether oxygens (including phenoxy) is 1. The average Bonchev–Trinajstić information content (AvgIpc) is 2.88. The zero-order valence-corrected chi connectivity index (χ0v) is 22.0. The van der Waals surface area contributed by atoms with Gasteiger partial charge in [-0.1, -0.05) is 36.4 Å². The Morgan fingerprint density at radius 1 is 1.15 bits per heavy atom. The molecule has 1 fully saturated rings. The van der Waals surface area contributed by atoms with Crippen molar-refractivity contribution in [2.45, 2.75) is 44.6 Å². The number of amides is 2. The number of carbonyl (C=O) groups excluding carboxylic acids is 2. The lowest BCUT2D eigenvalue weighted by atomic mass is 9.71. The molecule has 2 aromatic carbocycles. The maximum absolute atomic E-state index is 14.0. The summed E-state index contributed by atoms with van der Waals surface area (Å²) in [6.45, 7) is 2.67. The summed E-state index contributed by atoms with van der Waals surface area (Å²) >= 11 is 0. The first-order valence-electron chi connectivity index (χ1n) is 12.4. The van der Waals surface area contributed by atoms with Crippen LogP contribution in [0.25, 0.3) is 0 Å². The second-order valence-corrected chi connectivity index (χ2v) is 9.73. The van der Waals surface area contributed by atoms with Crippen molar-refractivity contribution in [3.8, 4) is 5.75 Å². The highest BCUT2D eigenvalue weighted by atomic mass is 35.5. The molecule has 39 heavy (non-hydrogen) atoms. The minimum absolute atomic E-state index is 0. The first-order chi connectivity index (χ1) is 18.2. The minimum Gasteiger partial charge on any atom is -0.503 e. The van der Waals surface area contributed by atoms with Gasteiger partial charge in [-0.25, -0.2) is 8.78 Å². The molecule has 1 spiro atoms. The van der Waals surface area contributed by atoms with E-state index in [2.05, 4.69) is 5.32 Å². The molecular formula is C28H28ClF2N3O5. The van der Waals surface area contributed by atoms with E-state index >= 15 is 0 Å². The predicted octanol–water partition coefficient (Wildman–Crippen LogP) is 3.73. The van der Waals surface area contributed by atoms with Gasteiger partial charge < -0.3 is 24.6 Å². The number of halogens is 3. The molecule has 206 valence electrons. The molecule has 0 atom stereocenters. The number of nitrogens with one attached hydrogen (secondary N) is 1. The molecule has 1 aliphatic heterocycles. The standard InChI is InChI=1S/C28H27F2N3O5.ClH/c1-2-32-16-28(11-20(12-28)38-15-17-6-4-3-5-7-17)33-14-21(24(34)25(35)23(33)27(32)37)26(36)31-13-18-8-9-19(29)10-22(18)30;/h3-10,14,20,35H,2,11-13,15-16H2,1H3,(H,31,36);1H. The summed E-state index contributed by atoms with van der Waals surface area (Å²) in [4.78, 5) is 40.6. The number of likely N-dealkylation sites (N-methyl/N-ethyl adjacent to an activating group) is 1. The Balaban J connectivity index is 0.00000353. The van der Waals surface area contributed by atoms with E-state index < -0.39 is 40.2 Å². The molecule has 0 saturated heterocycles. The van der Waals surface area contributed by atoms with Gasteiger partial charge in [0.15, 0.2) is 11.4 Å². The van der Waals surface area contributed by atoms with Crippen molar-refractivity contribution in [3.05, 3.63) is 99.0 Å². The van der Waals surface area contributed by atoms with E-state index in [0.717, 1.165) is 11.6 Å². The Kier molecular flexibility index (Phi) is 8.08. The van der Waals surface area contributed by atoms with Gasteiger partial charge in [0.05, 0.1) is 18.2 Å². The molecule has 0 unspecified atom stereocenters. The molecule has 0 radical (unpaired) electrons. The van der Waals surface area contributed by atoms with E-state index in [4.69, 9.17) is 4.74 Å². The van der Waals surface area contributed by atoms with Crippen LogP contribution in [-0.4, -0.2) is 45.6 Å². The van der Waals surface area contributed by atoms with Crippen molar-refractivity contribution in [3.63, 3.8) is 0 Å². The fourth-order valence-electron chi connectivity index (χ4n) is 5.21. The van der Waals surface area contributed by atoms with Crippen LogP contribution in [0.15, 0.2) is 59.5 Å². The van der Waals surface area contributed by atoms with Gasteiger partial charge in [0, 0.05) is 37.5 Å². The Bertz CT molecular complexity index is 1460. The molecule has 11 heteroatoms. The van der Waals surface area contributed by atoms with E-state index in [9.17, 15) is 28.3 Å². The number of hydrogen-bond donors (Lipinski definition) is 2. The third kappa shape index (κ3) is 5.26. The number of fused-ring (bicyclic) bond motifs is 2. The predicted molar refractivity (Wildman–Crippen MR) is 141 cm³/mol. The van der Waals surface area contributed by atoms with Gasteiger partial charge in [0.25, 0.3) is 11.8 Å². The highest BCUT2D eigenvalue weighted by Crippen LogP contribution is 2.46. The SMILES string of the molecule is CCN1CC2(CC(OCc3ccccc3)C2)n2cc(C(=O)NCc3ccc(F)cc3F)c(=O)c(O)c2C1=O.Cl. The molecule has 2 aliphatic rings. The van der Waals surface area contributed by atoms with Crippen molar-refractivity contribution < 1.29 is 28.2 Å². The Morgan fingerprint density at radius 3 is 2.54 bits per heavy atom. The van der Waals surface area contributed by atoms with Crippen LogP contribution >= 0.6 is 12.4 Å². The lowest BCUT2D eigenvalue weighted by Crippen LogP contribution is -2.62. The molecule has 2 amide bonds. The highest BCUT2D eigenvalue weighted by Gasteiger charge is 2.52. The number of pyridine rings is 1. The fraction of sp³-hybridized carbons (Fsp3) is 0.321. The van der Waals surface area contributed by atoms with Gasteiger partial charge in [-0.3, -0.25) is 14.4 Å². The van der Waals surface area contributed by atoms with Gasteiger partial charge >= 0.3 is 0 Å². The summed E-state index contributed by atoms with van der Waals surface area (Å²) < 4.78 is 34.8. The topological polar surface area (TPSA) is 101 Å². The number of hydrogen-bond acceptors (Lipinski definition) is 5. The smallest absolute Gasteiger partial charge is 0.274 e. The normalized spacial score (nSPS) is 19.7. The minimum atomic E-state index is -0.994. The molecule has 2 heterocycles. The lowest BCUT2D eigenvalue weighted by Gasteiger charge is -2.54. The van der Waals surface area contributed by atoms with Gasteiger partial charge in [0.2, 0.25) is 5.43 Å². The van der Waals surface area contributed by atoms with Crippen molar-refractivity contribution >= 4 is 24.2 Å². The Morgan fingerprint density at radius 2 is 1.87 bits per heavy atom. The van der Waals surface area contributed by atoms with Crippen molar-refractivity contribution in [2.75, 3.05) is 13.1 Å². The summed E-state index contributed by atoms with van der Waals surface area (Å²) in [5, 5.41) is 13.2. The maximum atomic E-state index is 14.0. The summed E-state index contributed by atoms with van der Waals surface area (Å²) in [5.74, 6) is -3.74. The summed E-state index contributed by atoms with van der Waals surface area (Å²) in [6, 6.07) is 12.7. The first-order valence-corrected chi connectivity index (χ1v) is 12.4. The molecule has 1 aliphatic carbocycles. The highest BCUT2D eigenvalue weighted by molar-refractivity contribution is 5.99. The number of carbonyl (C=O) groups is 2. The molecule has 0 bridgehead atoms. The maximum Gasteiger partial charge on any atom is 0.274 e. The van der Waals surface area contributed by atoms with E-state index in [-0.39, 0.29) is 41.9 Å². The van der Waals surface area contributed by atoms with Crippen molar-refractivity contribution in [1.29, 1.82) is 0 Å². The summed E-state index contributed by atoms with van der Waals surface area (Å²) in [5.41, 5.74) is -1.13. The van der Waals surface area contributed by atoms with Gasteiger partial charge in [-0.05, 0) is 31.4 Å². The van der Waals surface area contributed by atoms with Crippen LogP contribution in [-0.2, 0) is 23.4 Å². The number of aromatic hydroxyl groups is 1. The van der Waals surface area contributed by atoms with Crippen LogP contribution in [0.5, 0.6) is 5.75 Å². The summed E-state index contributed by atoms with van der Waals surface area (Å²) in [6.07, 6.45) is 2.21. The largest absolute Gasteiger partial charge is 0.503 e. The molecule has 1 saturated carbocycles. The quantitative estimate of drug-likeness (QED) is 0.459. The third-order valence-corrected chi connectivity index (χ3v) is 7.29. The van der Waals surface area contributed by atoms with Crippen LogP contribution in [0.1, 0.15) is 51.7 Å². The Hall–Kier alpha value is -3.76. The zero-order chi connectivity index (χ0) is 27.0.